The van der Waals surface area contributed by atoms with E-state index in [2.05, 4.69) is 0 Å². The number of epoxide rings is 2. The first-order valence-corrected chi connectivity index (χ1v) is 10.3. The number of carbonyl (C=O) groups is 2. The molecule has 2 amide bonds. The number of hydrogen-bond acceptors (Lipinski definition) is 4. The van der Waals surface area contributed by atoms with Crippen LogP contribution < -0.4 is 0 Å². The first-order chi connectivity index (χ1) is 12.5. The molecule has 4 aliphatic rings. The van der Waals surface area contributed by atoms with Crippen LogP contribution in [0.4, 0.5) is 0 Å². The smallest absolute Gasteiger partial charge is 0.219 e. The largest absolute Gasteiger partial charge is 0.370 e. The van der Waals surface area contributed by atoms with Crippen LogP contribution in [0.3, 0.4) is 0 Å². The zero-order chi connectivity index (χ0) is 18.3. The van der Waals surface area contributed by atoms with E-state index in [4.69, 9.17) is 9.47 Å². The van der Waals surface area contributed by atoms with Crippen LogP contribution in [0.25, 0.3) is 0 Å². The summed E-state index contributed by atoms with van der Waals surface area (Å²) in [5, 5.41) is 0. The van der Waals surface area contributed by atoms with Crippen LogP contribution in [-0.2, 0) is 19.1 Å². The van der Waals surface area contributed by atoms with Gasteiger partial charge in [0, 0.05) is 40.0 Å². The van der Waals surface area contributed by atoms with Crippen molar-refractivity contribution in [3.8, 4) is 0 Å². The molecule has 2 saturated carbocycles. The molecule has 6 atom stereocenters. The van der Waals surface area contributed by atoms with E-state index in [0.29, 0.717) is 49.3 Å². The van der Waals surface area contributed by atoms with Gasteiger partial charge in [-0.05, 0) is 50.4 Å². The van der Waals surface area contributed by atoms with Crippen molar-refractivity contribution in [2.45, 2.75) is 76.8 Å². The molecular weight excluding hydrogens is 332 g/mol. The molecule has 2 aliphatic carbocycles. The molecular formula is C20H32N2O4. The fraction of sp³-hybridized carbons (Fsp3) is 0.900. The second kappa shape index (κ2) is 7.47. The van der Waals surface area contributed by atoms with E-state index in [0.717, 1.165) is 51.6 Å². The Morgan fingerprint density at radius 1 is 0.731 bits per heavy atom. The number of carbonyl (C=O) groups excluding carboxylic acids is 2. The van der Waals surface area contributed by atoms with Crippen molar-refractivity contribution in [2.75, 3.05) is 26.2 Å². The third kappa shape index (κ3) is 4.39. The summed E-state index contributed by atoms with van der Waals surface area (Å²) in [7, 11) is 0. The summed E-state index contributed by atoms with van der Waals surface area (Å²) in [6.45, 7) is 6.15. The topological polar surface area (TPSA) is 65.7 Å². The Labute approximate surface area is 156 Å². The van der Waals surface area contributed by atoms with Gasteiger partial charge in [-0.2, -0.15) is 0 Å². The molecule has 0 aromatic heterocycles. The van der Waals surface area contributed by atoms with E-state index >= 15 is 0 Å². The zero-order valence-corrected chi connectivity index (χ0v) is 16.1. The van der Waals surface area contributed by atoms with Crippen LogP contribution in [0.1, 0.15) is 52.4 Å². The zero-order valence-electron chi connectivity index (χ0n) is 16.1. The summed E-state index contributed by atoms with van der Waals surface area (Å²) in [6.07, 6.45) is 8.58. The Morgan fingerprint density at radius 3 is 1.50 bits per heavy atom. The van der Waals surface area contributed by atoms with E-state index in [1.807, 2.05) is 9.80 Å². The molecule has 4 fully saturated rings. The second-order valence-corrected chi connectivity index (χ2v) is 8.71. The maximum atomic E-state index is 12.1. The van der Waals surface area contributed by atoms with Crippen LogP contribution in [-0.4, -0.2) is 72.2 Å². The summed E-state index contributed by atoms with van der Waals surface area (Å²) < 4.78 is 11.2. The lowest BCUT2D eigenvalue weighted by molar-refractivity contribution is -0.133. The molecule has 6 nitrogen and oxygen atoms in total. The minimum atomic E-state index is 0.110. The molecule has 0 aromatic rings. The SMILES string of the molecule is CC(=O)N(CCN(CC1CCC2OC2C1)C(C)=O)CC1CCC2OC2C1. The molecule has 0 bridgehead atoms. The average molecular weight is 364 g/mol. The van der Waals surface area contributed by atoms with Crippen LogP contribution in [0.5, 0.6) is 0 Å². The van der Waals surface area contributed by atoms with Gasteiger partial charge in [-0.25, -0.2) is 0 Å². The lowest BCUT2D eigenvalue weighted by atomic mass is 9.88. The molecule has 146 valence electrons. The van der Waals surface area contributed by atoms with Gasteiger partial charge in [0.2, 0.25) is 11.8 Å². The second-order valence-electron chi connectivity index (χ2n) is 8.71. The number of nitrogens with zero attached hydrogens (tertiary/aromatic N) is 2. The van der Waals surface area contributed by atoms with Crippen LogP contribution in [0.15, 0.2) is 0 Å². The van der Waals surface area contributed by atoms with Gasteiger partial charge in [0.05, 0.1) is 24.4 Å². The highest BCUT2D eigenvalue weighted by Gasteiger charge is 2.45. The molecule has 6 unspecified atom stereocenters. The van der Waals surface area contributed by atoms with E-state index in [1.165, 1.54) is 0 Å². The third-order valence-electron chi connectivity index (χ3n) is 6.71. The van der Waals surface area contributed by atoms with E-state index < -0.39 is 0 Å². The van der Waals surface area contributed by atoms with Crippen molar-refractivity contribution in [3.05, 3.63) is 0 Å². The lowest BCUT2D eigenvalue weighted by Crippen LogP contribution is -2.43. The van der Waals surface area contributed by atoms with Crippen molar-refractivity contribution >= 4 is 11.8 Å². The number of hydrogen-bond donors (Lipinski definition) is 0. The lowest BCUT2D eigenvalue weighted by Gasteiger charge is -2.32. The van der Waals surface area contributed by atoms with Gasteiger partial charge in [-0.15, -0.1) is 0 Å². The average Bonchev–Trinajstić information content (AvgIpc) is 3.50. The fourth-order valence-corrected chi connectivity index (χ4v) is 4.92. The van der Waals surface area contributed by atoms with Crippen molar-refractivity contribution in [2.24, 2.45) is 11.8 Å². The van der Waals surface area contributed by atoms with Crippen LogP contribution in [0.2, 0.25) is 0 Å². The van der Waals surface area contributed by atoms with Gasteiger partial charge in [0.15, 0.2) is 0 Å². The summed E-state index contributed by atoms with van der Waals surface area (Å²) >= 11 is 0. The normalized spacial score (nSPS) is 37.3. The Morgan fingerprint density at radius 2 is 1.15 bits per heavy atom. The van der Waals surface area contributed by atoms with Gasteiger partial charge in [0.25, 0.3) is 0 Å². The molecule has 2 heterocycles. The molecule has 0 aromatic carbocycles. The molecule has 0 N–H and O–H groups in total. The maximum Gasteiger partial charge on any atom is 0.219 e. The van der Waals surface area contributed by atoms with Crippen LogP contribution >= 0.6 is 0 Å². The number of fused-ring (bicyclic) bond motifs is 2. The van der Waals surface area contributed by atoms with Gasteiger partial charge < -0.3 is 19.3 Å². The summed E-state index contributed by atoms with van der Waals surface area (Å²) in [6, 6.07) is 0. The highest BCUT2D eigenvalue weighted by molar-refractivity contribution is 5.74. The minimum Gasteiger partial charge on any atom is -0.370 e. The first-order valence-electron chi connectivity index (χ1n) is 10.3. The Balaban J connectivity index is 1.26. The minimum absolute atomic E-state index is 0.110. The highest BCUT2D eigenvalue weighted by atomic mass is 16.6. The highest BCUT2D eigenvalue weighted by Crippen LogP contribution is 2.40. The Kier molecular flexibility index (Phi) is 5.24. The fourth-order valence-electron chi connectivity index (χ4n) is 4.92. The van der Waals surface area contributed by atoms with Gasteiger partial charge in [-0.3, -0.25) is 9.59 Å². The quantitative estimate of drug-likeness (QED) is 0.647. The Bertz CT molecular complexity index is 506. The predicted octanol–water partition coefficient (Wildman–Crippen LogP) is 1.82. The molecule has 6 heteroatoms. The predicted molar refractivity (Wildman–Crippen MR) is 96.5 cm³/mol. The number of ether oxygens (including phenoxy) is 2. The van der Waals surface area contributed by atoms with Crippen molar-refractivity contribution < 1.29 is 19.1 Å². The summed E-state index contributed by atoms with van der Waals surface area (Å²) in [5.74, 6) is 1.30. The number of amides is 2. The van der Waals surface area contributed by atoms with E-state index in [1.54, 1.807) is 13.8 Å². The van der Waals surface area contributed by atoms with Gasteiger partial charge in [0.1, 0.15) is 0 Å². The molecule has 0 radical (unpaired) electrons. The van der Waals surface area contributed by atoms with Crippen molar-refractivity contribution in [1.82, 2.24) is 9.80 Å². The molecule has 4 rings (SSSR count). The van der Waals surface area contributed by atoms with Crippen molar-refractivity contribution in [1.29, 1.82) is 0 Å². The third-order valence-corrected chi connectivity index (χ3v) is 6.71. The summed E-state index contributed by atoms with van der Waals surface area (Å²) in [4.78, 5) is 28.1. The van der Waals surface area contributed by atoms with E-state index in [9.17, 15) is 9.59 Å². The summed E-state index contributed by atoms with van der Waals surface area (Å²) in [5.41, 5.74) is 0. The van der Waals surface area contributed by atoms with Crippen molar-refractivity contribution in [3.63, 3.8) is 0 Å². The molecule has 26 heavy (non-hydrogen) atoms. The molecule has 2 aliphatic heterocycles. The molecule has 0 spiro atoms. The van der Waals surface area contributed by atoms with E-state index in [-0.39, 0.29) is 11.8 Å². The number of rotatable bonds is 7. The van der Waals surface area contributed by atoms with Crippen LogP contribution in [0, 0.1) is 11.8 Å². The molecule has 2 saturated heterocycles. The van der Waals surface area contributed by atoms with Gasteiger partial charge in [-0.1, -0.05) is 0 Å². The first kappa shape index (κ1) is 18.2. The standard InChI is InChI=1S/C20H32N2O4/c1-13(23)21(11-15-3-5-17-19(9-15)25-17)7-8-22(14(2)24)12-16-4-6-18-20(10-16)26-18/h15-20H,3-12H2,1-2H3. The maximum absolute atomic E-state index is 12.1. The Hall–Kier alpha value is -1.14. The van der Waals surface area contributed by atoms with Gasteiger partial charge >= 0.3 is 0 Å². The monoisotopic (exact) mass is 364 g/mol.